The fourth-order valence-corrected chi connectivity index (χ4v) is 3.16. The Morgan fingerprint density at radius 3 is 2.70 bits per heavy atom. The van der Waals surface area contributed by atoms with E-state index in [4.69, 9.17) is 5.73 Å². The van der Waals surface area contributed by atoms with Crippen LogP contribution in [0.15, 0.2) is 46.9 Å². The number of benzene rings is 2. The zero-order chi connectivity index (χ0) is 14.1. The van der Waals surface area contributed by atoms with E-state index >= 15 is 0 Å². The maximum absolute atomic E-state index is 13.7. The molecule has 2 aromatic rings. The van der Waals surface area contributed by atoms with Crippen molar-refractivity contribution in [2.24, 2.45) is 0 Å². The average molecular weight is 335 g/mol. The van der Waals surface area contributed by atoms with E-state index in [2.05, 4.69) is 45.1 Å². The van der Waals surface area contributed by atoms with Crippen LogP contribution in [0.2, 0.25) is 0 Å². The summed E-state index contributed by atoms with van der Waals surface area (Å²) in [6.45, 7) is 1.79. The number of nitrogens with two attached hydrogens (primary N) is 1. The smallest absolute Gasteiger partial charge is 0.139 e. The molecule has 0 aromatic heterocycles. The third-order valence-corrected chi connectivity index (χ3v) is 4.48. The van der Waals surface area contributed by atoms with Gasteiger partial charge in [0, 0.05) is 25.1 Å². The van der Waals surface area contributed by atoms with Crippen molar-refractivity contribution in [2.75, 3.05) is 23.7 Å². The van der Waals surface area contributed by atoms with Crippen molar-refractivity contribution < 1.29 is 4.39 Å². The minimum atomic E-state index is -0.266. The number of anilines is 2. The fraction of sp³-hybridized carbons (Fsp3) is 0.250. The van der Waals surface area contributed by atoms with Gasteiger partial charge in [0.25, 0.3) is 0 Å². The van der Waals surface area contributed by atoms with Crippen LogP contribution in [-0.2, 0) is 0 Å². The summed E-state index contributed by atoms with van der Waals surface area (Å²) >= 11 is 3.16. The van der Waals surface area contributed by atoms with Gasteiger partial charge in [-0.25, -0.2) is 4.39 Å². The molecule has 1 aliphatic rings. The van der Waals surface area contributed by atoms with E-state index in [1.165, 1.54) is 11.6 Å². The molecule has 2 nitrogen and oxygen atoms in total. The number of nitrogen functional groups attached to an aromatic ring is 1. The van der Waals surface area contributed by atoms with Gasteiger partial charge in [-0.15, -0.1) is 0 Å². The maximum Gasteiger partial charge on any atom is 0.139 e. The number of rotatable bonds is 2. The van der Waals surface area contributed by atoms with Gasteiger partial charge >= 0.3 is 0 Å². The van der Waals surface area contributed by atoms with Crippen LogP contribution < -0.4 is 10.6 Å². The van der Waals surface area contributed by atoms with Crippen molar-refractivity contribution in [1.82, 2.24) is 0 Å². The van der Waals surface area contributed by atoms with Crippen LogP contribution in [0.5, 0.6) is 0 Å². The molecule has 2 N–H and O–H groups in total. The quantitative estimate of drug-likeness (QED) is 0.835. The van der Waals surface area contributed by atoms with Gasteiger partial charge in [-0.1, -0.05) is 30.3 Å². The molecule has 2 aromatic carbocycles. The molecule has 1 atom stereocenters. The standard InChI is InChI=1S/C16H16BrFN2/c17-13-8-15(19)16(9-14(13)18)20-7-6-12(10-20)11-4-2-1-3-5-11/h1-5,8-9,12H,6-7,10,19H2. The van der Waals surface area contributed by atoms with E-state index in [1.807, 2.05) is 6.07 Å². The lowest BCUT2D eigenvalue weighted by Gasteiger charge is -2.21. The molecular formula is C16H16BrFN2. The van der Waals surface area contributed by atoms with Gasteiger partial charge in [-0.3, -0.25) is 0 Å². The van der Waals surface area contributed by atoms with Crippen molar-refractivity contribution in [1.29, 1.82) is 0 Å². The highest BCUT2D eigenvalue weighted by Crippen LogP contribution is 2.35. The number of halogens is 2. The third-order valence-electron chi connectivity index (χ3n) is 3.87. The van der Waals surface area contributed by atoms with Gasteiger partial charge in [0.05, 0.1) is 15.8 Å². The topological polar surface area (TPSA) is 29.3 Å². The lowest BCUT2D eigenvalue weighted by Crippen LogP contribution is -2.20. The van der Waals surface area contributed by atoms with Gasteiger partial charge in [0.15, 0.2) is 0 Å². The van der Waals surface area contributed by atoms with Crippen molar-refractivity contribution in [3.05, 3.63) is 58.3 Å². The first-order valence-corrected chi connectivity index (χ1v) is 7.49. The van der Waals surface area contributed by atoms with E-state index in [-0.39, 0.29) is 5.82 Å². The fourth-order valence-electron chi connectivity index (χ4n) is 2.80. The summed E-state index contributed by atoms with van der Waals surface area (Å²) in [7, 11) is 0. The van der Waals surface area contributed by atoms with Gasteiger partial charge in [-0.05, 0) is 34.0 Å². The van der Waals surface area contributed by atoms with Gasteiger partial charge in [0.2, 0.25) is 0 Å². The Morgan fingerprint density at radius 2 is 1.95 bits per heavy atom. The van der Waals surface area contributed by atoms with E-state index in [0.29, 0.717) is 16.1 Å². The van der Waals surface area contributed by atoms with Gasteiger partial charge in [-0.2, -0.15) is 0 Å². The first-order valence-electron chi connectivity index (χ1n) is 6.69. The molecule has 1 saturated heterocycles. The van der Waals surface area contributed by atoms with E-state index in [0.717, 1.165) is 25.2 Å². The summed E-state index contributed by atoms with van der Waals surface area (Å²) < 4.78 is 14.1. The summed E-state index contributed by atoms with van der Waals surface area (Å²) in [5.74, 6) is 0.222. The Labute approximate surface area is 126 Å². The zero-order valence-electron chi connectivity index (χ0n) is 11.0. The predicted molar refractivity (Wildman–Crippen MR) is 84.5 cm³/mol. The minimum Gasteiger partial charge on any atom is -0.397 e. The Bertz CT molecular complexity index is 615. The molecule has 0 bridgehead atoms. The van der Waals surface area contributed by atoms with Crippen molar-refractivity contribution in [3.8, 4) is 0 Å². The Balaban J connectivity index is 1.82. The highest BCUT2D eigenvalue weighted by atomic mass is 79.9. The van der Waals surface area contributed by atoms with Crippen LogP contribution in [0.3, 0.4) is 0 Å². The molecule has 1 fully saturated rings. The first-order chi connectivity index (χ1) is 9.65. The molecule has 104 valence electrons. The molecule has 1 unspecified atom stereocenters. The molecule has 0 saturated carbocycles. The van der Waals surface area contributed by atoms with Gasteiger partial charge in [0.1, 0.15) is 5.82 Å². The second-order valence-electron chi connectivity index (χ2n) is 5.17. The van der Waals surface area contributed by atoms with Gasteiger partial charge < -0.3 is 10.6 Å². The largest absolute Gasteiger partial charge is 0.397 e. The minimum absolute atomic E-state index is 0.266. The lowest BCUT2D eigenvalue weighted by molar-refractivity contribution is 0.621. The zero-order valence-corrected chi connectivity index (χ0v) is 12.6. The van der Waals surface area contributed by atoms with E-state index in [9.17, 15) is 4.39 Å². The second-order valence-corrected chi connectivity index (χ2v) is 6.02. The SMILES string of the molecule is Nc1cc(Br)c(F)cc1N1CCC(c2ccccc2)C1. The average Bonchev–Trinajstić information content (AvgIpc) is 2.93. The van der Waals surface area contributed by atoms with Crippen LogP contribution in [0.25, 0.3) is 0 Å². The Hall–Kier alpha value is -1.55. The van der Waals surface area contributed by atoms with Crippen LogP contribution in [0.1, 0.15) is 17.9 Å². The van der Waals surface area contributed by atoms with Crippen molar-refractivity contribution in [3.63, 3.8) is 0 Å². The molecule has 1 aliphatic heterocycles. The van der Waals surface area contributed by atoms with Crippen molar-refractivity contribution >= 4 is 27.3 Å². The number of hydrogen-bond donors (Lipinski definition) is 1. The molecule has 0 aliphatic carbocycles. The van der Waals surface area contributed by atoms with Crippen molar-refractivity contribution in [2.45, 2.75) is 12.3 Å². The number of hydrogen-bond acceptors (Lipinski definition) is 2. The summed E-state index contributed by atoms with van der Waals surface area (Å²) in [6, 6.07) is 13.6. The summed E-state index contributed by atoms with van der Waals surface area (Å²) in [5.41, 5.74) is 8.77. The second kappa shape index (κ2) is 5.44. The molecule has 0 spiro atoms. The van der Waals surface area contributed by atoms with Crippen LogP contribution in [0, 0.1) is 5.82 Å². The number of nitrogens with zero attached hydrogens (tertiary/aromatic N) is 1. The summed E-state index contributed by atoms with van der Waals surface area (Å²) in [5, 5.41) is 0. The van der Waals surface area contributed by atoms with Crippen LogP contribution in [0.4, 0.5) is 15.8 Å². The first kappa shape index (κ1) is 13.4. The monoisotopic (exact) mass is 334 g/mol. The van der Waals surface area contributed by atoms with E-state index in [1.54, 1.807) is 6.07 Å². The van der Waals surface area contributed by atoms with Crippen LogP contribution in [-0.4, -0.2) is 13.1 Å². The van der Waals surface area contributed by atoms with Crippen LogP contribution >= 0.6 is 15.9 Å². The third kappa shape index (κ3) is 2.52. The molecule has 20 heavy (non-hydrogen) atoms. The molecule has 0 radical (unpaired) electrons. The summed E-state index contributed by atoms with van der Waals surface area (Å²) in [4.78, 5) is 2.17. The highest BCUT2D eigenvalue weighted by molar-refractivity contribution is 9.10. The lowest BCUT2D eigenvalue weighted by atomic mass is 9.99. The van der Waals surface area contributed by atoms with E-state index < -0.39 is 0 Å². The molecule has 1 heterocycles. The Kier molecular flexibility index (Phi) is 3.66. The molecule has 0 amide bonds. The molecule has 3 rings (SSSR count). The Morgan fingerprint density at radius 1 is 1.20 bits per heavy atom. The molecular weight excluding hydrogens is 319 g/mol. The molecule has 4 heteroatoms. The highest BCUT2D eigenvalue weighted by Gasteiger charge is 2.25. The maximum atomic E-state index is 13.7. The normalized spacial score (nSPS) is 18.5. The predicted octanol–water partition coefficient (Wildman–Crippen LogP) is 4.16. The summed E-state index contributed by atoms with van der Waals surface area (Å²) in [6.07, 6.45) is 1.07.